The molecule has 0 radical (unpaired) electrons. The zero-order chi connectivity index (χ0) is 26.6. The van der Waals surface area contributed by atoms with E-state index < -0.39 is 6.09 Å². The van der Waals surface area contributed by atoms with Crippen LogP contribution in [0.15, 0.2) is 103 Å². The summed E-state index contributed by atoms with van der Waals surface area (Å²) < 4.78 is 19.2. The minimum atomic E-state index is -0.616. The fourth-order valence-electron chi connectivity index (χ4n) is 4.16. The van der Waals surface area contributed by atoms with Gasteiger partial charge in [-0.1, -0.05) is 65.0 Å². The summed E-state index contributed by atoms with van der Waals surface area (Å²) >= 11 is 0. The Morgan fingerprint density at radius 1 is 0.816 bits per heavy atom. The molecule has 5 aromatic rings. The van der Waals surface area contributed by atoms with Gasteiger partial charge in [-0.3, -0.25) is 9.74 Å². The van der Waals surface area contributed by atoms with Gasteiger partial charge in [-0.2, -0.15) is 0 Å². The van der Waals surface area contributed by atoms with Crippen molar-refractivity contribution in [2.45, 2.75) is 6.92 Å². The average Bonchev–Trinajstić information content (AvgIpc) is 3.32. The minimum Gasteiger partial charge on any atom is -0.497 e. The second-order valence-electron chi connectivity index (χ2n) is 8.80. The van der Waals surface area contributed by atoms with Crippen LogP contribution in [-0.4, -0.2) is 30.2 Å². The highest BCUT2D eigenvalue weighted by atomic mass is 19.1. The molecular formula is C31H26FN3O3. The van der Waals surface area contributed by atoms with Crippen LogP contribution in [0, 0.1) is 12.7 Å². The van der Waals surface area contributed by atoms with Crippen LogP contribution in [0.4, 0.5) is 14.9 Å². The van der Waals surface area contributed by atoms with Crippen molar-refractivity contribution < 1.29 is 18.8 Å². The number of carbonyl (C=O) groups excluding carboxylic acids is 1. The maximum Gasteiger partial charge on any atom is 0.440 e. The van der Waals surface area contributed by atoms with Crippen LogP contribution >= 0.6 is 0 Å². The first-order chi connectivity index (χ1) is 18.4. The fourth-order valence-corrected chi connectivity index (χ4v) is 4.16. The van der Waals surface area contributed by atoms with E-state index in [2.05, 4.69) is 0 Å². The monoisotopic (exact) mass is 507 g/mol. The van der Waals surface area contributed by atoms with E-state index in [1.165, 1.54) is 21.9 Å². The van der Waals surface area contributed by atoms with E-state index in [0.29, 0.717) is 28.4 Å². The van der Waals surface area contributed by atoms with Crippen molar-refractivity contribution in [2.24, 2.45) is 0 Å². The number of amides is 1. The highest BCUT2D eigenvalue weighted by Gasteiger charge is 2.26. The lowest BCUT2D eigenvalue weighted by atomic mass is 9.95. The van der Waals surface area contributed by atoms with Crippen molar-refractivity contribution >= 4 is 11.8 Å². The maximum absolute atomic E-state index is 13.9. The van der Waals surface area contributed by atoms with Crippen molar-refractivity contribution in [3.63, 3.8) is 0 Å². The molecule has 1 aromatic heterocycles. The Labute approximate surface area is 220 Å². The largest absolute Gasteiger partial charge is 0.497 e. The number of rotatable bonds is 6. The third-order valence-electron chi connectivity index (χ3n) is 6.26. The summed E-state index contributed by atoms with van der Waals surface area (Å²) in [7, 11) is 3.23. The smallest absolute Gasteiger partial charge is 0.440 e. The zero-order valence-corrected chi connectivity index (χ0v) is 21.3. The van der Waals surface area contributed by atoms with Crippen molar-refractivity contribution in [3.05, 3.63) is 115 Å². The molecule has 0 bridgehead atoms. The molecule has 0 aliphatic carbocycles. The number of aromatic nitrogens is 2. The van der Waals surface area contributed by atoms with Gasteiger partial charge in [0.25, 0.3) is 0 Å². The molecule has 7 heteroatoms. The molecule has 5 rings (SSSR count). The van der Waals surface area contributed by atoms with E-state index in [0.717, 1.165) is 22.3 Å². The zero-order valence-electron chi connectivity index (χ0n) is 21.3. The second kappa shape index (κ2) is 10.6. The highest BCUT2D eigenvalue weighted by Crippen LogP contribution is 2.40. The Morgan fingerprint density at radius 2 is 1.42 bits per heavy atom. The number of methoxy groups -OCH3 is 1. The first kappa shape index (κ1) is 24.8. The maximum atomic E-state index is 13.9. The molecule has 4 aromatic carbocycles. The van der Waals surface area contributed by atoms with E-state index in [1.54, 1.807) is 26.3 Å². The molecule has 0 fully saturated rings. The molecule has 0 aliphatic heterocycles. The van der Waals surface area contributed by atoms with Gasteiger partial charge >= 0.3 is 6.09 Å². The third kappa shape index (κ3) is 4.99. The number of para-hydroxylation sites is 1. The van der Waals surface area contributed by atoms with Gasteiger partial charge < -0.3 is 4.74 Å². The summed E-state index contributed by atoms with van der Waals surface area (Å²) in [4.78, 5) is 21.8. The van der Waals surface area contributed by atoms with Gasteiger partial charge in [0.15, 0.2) is 0 Å². The standard InChI is InChI=1S/C31H26FN3O3/c1-21-9-11-23(12-10-21)29-28(22-13-17-25(32)18-14-22)30(24-15-19-27(37-3)20-16-24)35(33-29)38-31(36)34(2)26-7-5-4-6-8-26/h4-20H,1-3H3. The Morgan fingerprint density at radius 3 is 2.05 bits per heavy atom. The van der Waals surface area contributed by atoms with E-state index in [-0.39, 0.29) is 5.82 Å². The summed E-state index contributed by atoms with van der Waals surface area (Å²) in [5.74, 6) is 0.336. The van der Waals surface area contributed by atoms with E-state index in [1.807, 2.05) is 85.8 Å². The number of hydrogen-bond acceptors (Lipinski definition) is 4. The van der Waals surface area contributed by atoms with Crippen molar-refractivity contribution in [1.29, 1.82) is 0 Å². The molecule has 0 unspecified atom stereocenters. The van der Waals surface area contributed by atoms with Gasteiger partial charge in [0, 0.05) is 29.4 Å². The number of halogens is 1. The molecule has 0 aliphatic rings. The van der Waals surface area contributed by atoms with Gasteiger partial charge in [-0.15, -0.1) is 5.10 Å². The summed E-state index contributed by atoms with van der Waals surface area (Å²) in [6.07, 6.45) is -0.616. The SMILES string of the molecule is COc1ccc(-c2c(-c3ccc(F)cc3)c(-c3ccc(C)cc3)nn2OC(=O)N(C)c2ccccc2)cc1. The quantitative estimate of drug-likeness (QED) is 0.248. The van der Waals surface area contributed by atoms with Gasteiger partial charge in [-0.25, -0.2) is 9.18 Å². The van der Waals surface area contributed by atoms with E-state index in [4.69, 9.17) is 14.7 Å². The Kier molecular flexibility index (Phi) is 6.91. The summed E-state index contributed by atoms with van der Waals surface area (Å²) in [6.45, 7) is 2.01. The minimum absolute atomic E-state index is 0.347. The summed E-state index contributed by atoms with van der Waals surface area (Å²) in [6, 6.07) is 30.7. The average molecular weight is 508 g/mol. The Bertz CT molecular complexity index is 1550. The van der Waals surface area contributed by atoms with Crippen LogP contribution in [-0.2, 0) is 0 Å². The highest BCUT2D eigenvalue weighted by molar-refractivity contribution is 5.93. The summed E-state index contributed by atoms with van der Waals surface area (Å²) in [5, 5.41) is 4.77. The number of benzene rings is 4. The predicted octanol–water partition coefficient (Wildman–Crippen LogP) is 7.03. The van der Waals surface area contributed by atoms with Crippen LogP contribution in [0.2, 0.25) is 0 Å². The molecule has 0 N–H and O–H groups in total. The number of carbonyl (C=O) groups is 1. The number of nitrogens with zero attached hydrogens (tertiary/aromatic N) is 3. The summed E-state index contributed by atoms with van der Waals surface area (Å²) in [5.41, 5.74) is 5.92. The van der Waals surface area contributed by atoms with Crippen molar-refractivity contribution in [2.75, 3.05) is 19.1 Å². The third-order valence-corrected chi connectivity index (χ3v) is 6.26. The lowest BCUT2D eigenvalue weighted by Crippen LogP contribution is -2.34. The molecule has 6 nitrogen and oxygen atoms in total. The van der Waals surface area contributed by atoms with Crippen molar-refractivity contribution in [3.8, 4) is 39.4 Å². The van der Waals surface area contributed by atoms with Crippen molar-refractivity contribution in [1.82, 2.24) is 9.94 Å². The van der Waals surface area contributed by atoms with Crippen LogP contribution in [0.1, 0.15) is 5.56 Å². The molecule has 38 heavy (non-hydrogen) atoms. The topological polar surface area (TPSA) is 56.6 Å². The number of hydrogen-bond donors (Lipinski definition) is 0. The Hall–Kier alpha value is -4.91. The van der Waals surface area contributed by atoms with Crippen LogP contribution in [0.5, 0.6) is 5.75 Å². The van der Waals surface area contributed by atoms with Crippen LogP contribution in [0.3, 0.4) is 0 Å². The second-order valence-corrected chi connectivity index (χ2v) is 8.80. The molecule has 1 amide bonds. The van der Waals surface area contributed by atoms with Crippen LogP contribution in [0.25, 0.3) is 33.6 Å². The van der Waals surface area contributed by atoms with Gasteiger partial charge in [0.2, 0.25) is 0 Å². The lowest BCUT2D eigenvalue weighted by molar-refractivity contribution is 0.127. The molecule has 1 heterocycles. The molecular weight excluding hydrogens is 481 g/mol. The van der Waals surface area contributed by atoms with Crippen LogP contribution < -0.4 is 14.5 Å². The molecule has 0 atom stereocenters. The number of aryl methyl sites for hydroxylation is 1. The van der Waals surface area contributed by atoms with Gasteiger partial charge in [0.1, 0.15) is 23.0 Å². The first-order valence-electron chi connectivity index (χ1n) is 12.1. The number of ether oxygens (including phenoxy) is 1. The first-order valence-corrected chi connectivity index (χ1v) is 12.1. The Balaban J connectivity index is 1.71. The molecule has 0 saturated carbocycles. The predicted molar refractivity (Wildman–Crippen MR) is 147 cm³/mol. The molecule has 0 saturated heterocycles. The van der Waals surface area contributed by atoms with Gasteiger partial charge in [-0.05, 0) is 61.0 Å². The molecule has 0 spiro atoms. The van der Waals surface area contributed by atoms with E-state index >= 15 is 0 Å². The molecule has 190 valence electrons. The normalized spacial score (nSPS) is 10.7. The van der Waals surface area contributed by atoms with E-state index in [9.17, 15) is 9.18 Å². The fraction of sp³-hybridized carbons (Fsp3) is 0.0968. The van der Waals surface area contributed by atoms with Gasteiger partial charge in [0.05, 0.1) is 7.11 Å². The number of anilines is 1. The lowest BCUT2D eigenvalue weighted by Gasteiger charge is -2.17.